The Labute approximate surface area is 461 Å². The van der Waals surface area contributed by atoms with Crippen molar-refractivity contribution in [3.8, 4) is 0 Å². The van der Waals surface area contributed by atoms with Gasteiger partial charge in [0.15, 0.2) is 18.9 Å². The zero-order valence-corrected chi connectivity index (χ0v) is 47.2. The molecular formula is C58H109NO18. The molecule has 0 aromatic rings. The van der Waals surface area contributed by atoms with Crippen LogP contribution in [-0.4, -0.2) is 193 Å². The number of allylic oxidation sites excluding steroid dienone is 1. The number of amides is 1. The molecule has 0 bridgehead atoms. The van der Waals surface area contributed by atoms with Gasteiger partial charge in [0.2, 0.25) is 5.91 Å². The molecule has 3 fully saturated rings. The highest BCUT2D eigenvalue weighted by Gasteiger charge is 2.54. The number of carbonyl (C=O) groups excluding carboxylic acids is 1. The van der Waals surface area contributed by atoms with E-state index in [0.29, 0.717) is 6.42 Å². The van der Waals surface area contributed by atoms with Crippen LogP contribution in [0.3, 0.4) is 0 Å². The second-order valence-corrected chi connectivity index (χ2v) is 22.2. The molecule has 1 amide bonds. The van der Waals surface area contributed by atoms with E-state index in [9.17, 15) is 61.0 Å². The van der Waals surface area contributed by atoms with E-state index in [4.69, 9.17) is 28.4 Å². The first-order valence-electron chi connectivity index (χ1n) is 30.4. The summed E-state index contributed by atoms with van der Waals surface area (Å²) >= 11 is 0. The third kappa shape index (κ3) is 26.5. The number of aliphatic hydroxyl groups is 11. The van der Waals surface area contributed by atoms with Crippen molar-refractivity contribution in [1.82, 2.24) is 5.32 Å². The van der Waals surface area contributed by atoms with Crippen molar-refractivity contribution in [3.63, 3.8) is 0 Å². The first-order valence-corrected chi connectivity index (χ1v) is 30.4. The highest BCUT2D eigenvalue weighted by molar-refractivity contribution is 5.76. The zero-order valence-electron chi connectivity index (χ0n) is 47.2. The van der Waals surface area contributed by atoms with Crippen molar-refractivity contribution in [2.75, 3.05) is 26.4 Å². The second kappa shape index (κ2) is 42.4. The number of aliphatic hydroxyl groups excluding tert-OH is 11. The van der Waals surface area contributed by atoms with Gasteiger partial charge in [-0.05, 0) is 19.3 Å². The van der Waals surface area contributed by atoms with E-state index in [1.807, 2.05) is 6.08 Å². The van der Waals surface area contributed by atoms with E-state index in [1.54, 1.807) is 6.08 Å². The number of carbonyl (C=O) groups is 1. The van der Waals surface area contributed by atoms with Gasteiger partial charge in [0.05, 0.1) is 38.6 Å². The zero-order chi connectivity index (χ0) is 56.2. The molecule has 0 aromatic heterocycles. The lowest BCUT2D eigenvalue weighted by atomic mass is 9.96. The molecule has 12 N–H and O–H groups in total. The van der Waals surface area contributed by atoms with Gasteiger partial charge < -0.3 is 89.9 Å². The molecule has 6 unspecified atom stereocenters. The van der Waals surface area contributed by atoms with Crippen LogP contribution in [0, 0.1) is 0 Å². The van der Waals surface area contributed by atoms with Gasteiger partial charge in [0.25, 0.3) is 0 Å². The molecule has 17 atom stereocenters. The fourth-order valence-corrected chi connectivity index (χ4v) is 10.5. The summed E-state index contributed by atoms with van der Waals surface area (Å²) < 4.78 is 34.3. The lowest BCUT2D eigenvalue weighted by Crippen LogP contribution is -2.67. The molecule has 3 aliphatic heterocycles. The van der Waals surface area contributed by atoms with Crippen LogP contribution < -0.4 is 5.32 Å². The predicted molar refractivity (Wildman–Crippen MR) is 291 cm³/mol. The largest absolute Gasteiger partial charge is 0.394 e. The molecular weight excluding hydrogens is 999 g/mol. The van der Waals surface area contributed by atoms with Crippen LogP contribution in [0.4, 0.5) is 0 Å². The summed E-state index contributed by atoms with van der Waals surface area (Å²) in [6.45, 7) is 1.70. The molecule has 0 spiro atoms. The van der Waals surface area contributed by atoms with Gasteiger partial charge in [0.1, 0.15) is 73.2 Å². The minimum absolute atomic E-state index is 0.245. The van der Waals surface area contributed by atoms with Gasteiger partial charge >= 0.3 is 0 Å². The third-order valence-electron chi connectivity index (χ3n) is 15.6. The first-order chi connectivity index (χ1) is 37.3. The van der Waals surface area contributed by atoms with Crippen molar-refractivity contribution in [2.45, 2.75) is 324 Å². The molecule has 3 heterocycles. The molecule has 3 saturated heterocycles. The number of unbranched alkanes of at least 4 members (excludes halogenated alkanes) is 29. The second-order valence-electron chi connectivity index (χ2n) is 22.2. The highest BCUT2D eigenvalue weighted by atomic mass is 16.8. The molecule has 3 aliphatic rings. The maximum Gasteiger partial charge on any atom is 0.220 e. The van der Waals surface area contributed by atoms with E-state index < -0.39 is 124 Å². The minimum Gasteiger partial charge on any atom is -0.394 e. The topological polar surface area (TPSA) is 307 Å². The maximum absolute atomic E-state index is 13.3. The van der Waals surface area contributed by atoms with E-state index in [2.05, 4.69) is 19.2 Å². The van der Waals surface area contributed by atoms with Crippen LogP contribution in [0.1, 0.15) is 219 Å². The molecule has 0 saturated carbocycles. The average molecular weight is 1110 g/mol. The Balaban J connectivity index is 1.51. The van der Waals surface area contributed by atoms with Gasteiger partial charge in [-0.2, -0.15) is 0 Å². The lowest BCUT2D eigenvalue weighted by Gasteiger charge is -2.48. The smallest absolute Gasteiger partial charge is 0.220 e. The lowest BCUT2D eigenvalue weighted by molar-refractivity contribution is -0.380. The quantitative estimate of drug-likeness (QED) is 0.0269. The van der Waals surface area contributed by atoms with E-state index in [1.165, 1.54) is 148 Å². The monoisotopic (exact) mass is 1110 g/mol. The number of ether oxygens (including phenoxy) is 6. The predicted octanol–water partition coefficient (Wildman–Crippen LogP) is 5.38. The Morgan fingerprint density at radius 2 is 0.844 bits per heavy atom. The van der Waals surface area contributed by atoms with Gasteiger partial charge in [-0.15, -0.1) is 0 Å². The summed E-state index contributed by atoms with van der Waals surface area (Å²) in [5, 5.41) is 120. The molecule has 454 valence electrons. The van der Waals surface area contributed by atoms with E-state index in [0.717, 1.165) is 44.9 Å². The SMILES string of the molecule is CCCCCCCCCCCCC/C=C/[C@@H](O)[C@H](CO[C@@H]1OC(CO)[C@@H](O[C@@H]2OC(CO)[C@@H](O)[C@H](O[C@H]3OC(CO)[C@@H](O)[C@H](O)C3O)C2O)[C@H](O)C1O)NC(=O)CCCCCCCCCCCCCCCCCCCCC. The van der Waals surface area contributed by atoms with Crippen molar-refractivity contribution in [1.29, 1.82) is 0 Å². The Morgan fingerprint density at radius 3 is 1.31 bits per heavy atom. The minimum atomic E-state index is -1.97. The summed E-state index contributed by atoms with van der Waals surface area (Å²) in [5.41, 5.74) is 0. The molecule has 77 heavy (non-hydrogen) atoms. The van der Waals surface area contributed by atoms with Gasteiger partial charge in [-0.1, -0.05) is 206 Å². The van der Waals surface area contributed by atoms with Crippen molar-refractivity contribution in [3.05, 3.63) is 12.2 Å². The first kappa shape index (κ1) is 69.8. The number of hydrogen-bond acceptors (Lipinski definition) is 18. The molecule has 19 nitrogen and oxygen atoms in total. The van der Waals surface area contributed by atoms with Crippen LogP contribution in [0.25, 0.3) is 0 Å². The van der Waals surface area contributed by atoms with Crippen LogP contribution in [0.5, 0.6) is 0 Å². The van der Waals surface area contributed by atoms with Crippen LogP contribution in [-0.2, 0) is 33.2 Å². The normalized spacial score (nSPS) is 30.7. The average Bonchev–Trinajstić information content (AvgIpc) is 3.43. The summed E-state index contributed by atoms with van der Waals surface area (Å²) in [7, 11) is 0. The van der Waals surface area contributed by atoms with Crippen LogP contribution in [0.2, 0.25) is 0 Å². The van der Waals surface area contributed by atoms with Gasteiger partial charge in [0, 0.05) is 6.42 Å². The summed E-state index contributed by atoms with van der Waals surface area (Å²) in [6, 6.07) is -0.973. The standard InChI is InChI=1S/C58H109NO18/c1-3-5-7-9-11-13-15-17-18-19-20-21-22-24-26-28-30-32-34-36-46(64)59-41(42(63)35-33-31-29-27-25-23-16-14-12-10-8-6-4-2)40-72-56-52(70)50(68)54(45(39-62)75-56)76-58-53(71)55(48(66)44(38-61)74-58)77-57-51(69)49(67)47(65)43(37-60)73-57/h33,35,41-45,47-58,60-63,65-71H,3-32,34,36-40H2,1-2H3,(H,59,64)/b35-33+/t41-,42+,43?,44?,45?,47+,48+,49-,50+,51?,52?,53?,54+,55-,56+,57+,58-/m0/s1. The summed E-state index contributed by atoms with van der Waals surface area (Å²) in [5.74, 6) is -0.276. The number of hydrogen-bond donors (Lipinski definition) is 12. The van der Waals surface area contributed by atoms with Crippen LogP contribution in [0.15, 0.2) is 12.2 Å². The van der Waals surface area contributed by atoms with E-state index >= 15 is 0 Å². The Kier molecular flexibility index (Phi) is 38.4. The Bertz CT molecular complexity index is 1470. The molecule has 0 aromatic carbocycles. The molecule has 19 heteroatoms. The van der Waals surface area contributed by atoms with Gasteiger partial charge in [-0.3, -0.25) is 4.79 Å². The molecule has 0 radical (unpaired) electrons. The number of nitrogens with one attached hydrogen (secondary N) is 1. The molecule has 3 rings (SSSR count). The summed E-state index contributed by atoms with van der Waals surface area (Å²) in [4.78, 5) is 13.3. The van der Waals surface area contributed by atoms with Crippen LogP contribution >= 0.6 is 0 Å². The third-order valence-corrected chi connectivity index (χ3v) is 15.6. The summed E-state index contributed by atoms with van der Waals surface area (Å²) in [6.07, 6.45) is 14.4. The fraction of sp³-hybridized carbons (Fsp3) is 0.948. The number of rotatable bonds is 45. The Hall–Kier alpha value is -1.47. The van der Waals surface area contributed by atoms with Crippen molar-refractivity contribution in [2.24, 2.45) is 0 Å². The highest BCUT2D eigenvalue weighted by Crippen LogP contribution is 2.33. The molecule has 0 aliphatic carbocycles. The fourth-order valence-electron chi connectivity index (χ4n) is 10.5. The maximum atomic E-state index is 13.3. The van der Waals surface area contributed by atoms with Crippen molar-refractivity contribution >= 4 is 5.91 Å². The Morgan fingerprint density at radius 1 is 0.455 bits per heavy atom. The van der Waals surface area contributed by atoms with Gasteiger partial charge in [-0.25, -0.2) is 0 Å². The van der Waals surface area contributed by atoms with E-state index in [-0.39, 0.29) is 18.9 Å². The van der Waals surface area contributed by atoms with Crippen molar-refractivity contribution < 1.29 is 89.4 Å².